The van der Waals surface area contributed by atoms with Crippen molar-refractivity contribution in [2.75, 3.05) is 29.8 Å². The normalized spacial score (nSPS) is 16.4. The van der Waals surface area contributed by atoms with Gasteiger partial charge < -0.3 is 19.7 Å². The molecule has 2 aromatic carbocycles. The van der Waals surface area contributed by atoms with Crippen molar-refractivity contribution in [1.82, 2.24) is 10.2 Å². The van der Waals surface area contributed by atoms with Crippen LogP contribution in [0.15, 0.2) is 48.5 Å². The number of ether oxygens (including phenoxy) is 2. The van der Waals surface area contributed by atoms with Gasteiger partial charge in [-0.15, -0.1) is 0 Å². The Labute approximate surface area is 225 Å². The van der Waals surface area contributed by atoms with Crippen LogP contribution in [0.1, 0.15) is 51.5 Å². The Balaban J connectivity index is 1.60. The number of rotatable bonds is 10. The Kier molecular flexibility index (Phi) is 9.14. The summed E-state index contributed by atoms with van der Waals surface area (Å²) in [5, 5.41) is 3.11. The molecule has 206 valence electrons. The lowest BCUT2D eigenvalue weighted by Crippen LogP contribution is -2.53. The van der Waals surface area contributed by atoms with Crippen LogP contribution in [0, 0.1) is 0 Å². The Morgan fingerprint density at radius 2 is 1.68 bits per heavy atom. The average molecular weight is 544 g/mol. The predicted octanol–water partition coefficient (Wildman–Crippen LogP) is 3.48. The van der Waals surface area contributed by atoms with Crippen LogP contribution >= 0.6 is 0 Å². The zero-order chi connectivity index (χ0) is 27.1. The molecule has 9 nitrogen and oxygen atoms in total. The minimum atomic E-state index is -3.82. The summed E-state index contributed by atoms with van der Waals surface area (Å²) in [7, 11) is -3.82. The number of amides is 2. The molecule has 0 unspecified atom stereocenters. The number of hydrogen-bond donors (Lipinski definition) is 1. The summed E-state index contributed by atoms with van der Waals surface area (Å²) in [6.07, 6.45) is 5.17. The molecular weight excluding hydrogens is 506 g/mol. The highest BCUT2D eigenvalue weighted by molar-refractivity contribution is 7.92. The van der Waals surface area contributed by atoms with Crippen LogP contribution < -0.4 is 19.1 Å². The van der Waals surface area contributed by atoms with Crippen molar-refractivity contribution in [2.24, 2.45) is 0 Å². The van der Waals surface area contributed by atoms with E-state index in [2.05, 4.69) is 5.32 Å². The molecule has 0 saturated heterocycles. The lowest BCUT2D eigenvalue weighted by Gasteiger charge is -2.33. The summed E-state index contributed by atoms with van der Waals surface area (Å²) in [5.41, 5.74) is 1.16. The van der Waals surface area contributed by atoms with Crippen LogP contribution in [0.25, 0.3) is 0 Å². The number of sulfonamides is 1. The van der Waals surface area contributed by atoms with Gasteiger partial charge in [0.25, 0.3) is 0 Å². The minimum Gasteiger partial charge on any atom is -0.486 e. The largest absolute Gasteiger partial charge is 0.486 e. The van der Waals surface area contributed by atoms with E-state index in [9.17, 15) is 18.0 Å². The van der Waals surface area contributed by atoms with E-state index in [-0.39, 0.29) is 24.2 Å². The highest BCUT2D eigenvalue weighted by Crippen LogP contribution is 2.35. The molecule has 1 heterocycles. The quantitative estimate of drug-likeness (QED) is 0.492. The molecule has 2 amide bonds. The second-order valence-corrected chi connectivity index (χ2v) is 11.9. The maximum absolute atomic E-state index is 13.8. The maximum Gasteiger partial charge on any atom is 0.244 e. The molecular formula is C28H37N3O6S. The third kappa shape index (κ3) is 6.78. The third-order valence-corrected chi connectivity index (χ3v) is 8.85. The van der Waals surface area contributed by atoms with Crippen molar-refractivity contribution < 1.29 is 27.5 Å². The Hall–Kier alpha value is -3.27. The van der Waals surface area contributed by atoms with Crippen molar-refractivity contribution in [3.8, 4) is 11.5 Å². The Bertz CT molecular complexity index is 1210. The molecule has 38 heavy (non-hydrogen) atoms. The van der Waals surface area contributed by atoms with Gasteiger partial charge in [-0.3, -0.25) is 13.9 Å². The topological polar surface area (TPSA) is 105 Å². The summed E-state index contributed by atoms with van der Waals surface area (Å²) < 4.78 is 38.6. The third-order valence-electron chi connectivity index (χ3n) is 7.11. The first-order valence-electron chi connectivity index (χ1n) is 13.3. The van der Waals surface area contributed by atoms with Gasteiger partial charge in [0.2, 0.25) is 21.8 Å². The number of hydrogen-bond acceptors (Lipinski definition) is 6. The molecule has 4 rings (SSSR count). The van der Waals surface area contributed by atoms with E-state index in [1.54, 1.807) is 25.1 Å². The first-order chi connectivity index (χ1) is 18.3. The predicted molar refractivity (Wildman–Crippen MR) is 146 cm³/mol. The number of nitrogens with one attached hydrogen (secondary N) is 1. The molecule has 0 aromatic heterocycles. The van der Waals surface area contributed by atoms with Gasteiger partial charge in [-0.2, -0.15) is 0 Å². The fourth-order valence-corrected chi connectivity index (χ4v) is 5.89. The molecule has 10 heteroatoms. The van der Waals surface area contributed by atoms with Gasteiger partial charge in [-0.25, -0.2) is 8.42 Å². The van der Waals surface area contributed by atoms with E-state index >= 15 is 0 Å². The molecule has 1 aliphatic carbocycles. The minimum absolute atomic E-state index is 0.0991. The van der Waals surface area contributed by atoms with E-state index in [1.807, 2.05) is 30.3 Å². The fraction of sp³-hybridized carbons (Fsp3) is 0.500. The summed E-state index contributed by atoms with van der Waals surface area (Å²) in [4.78, 5) is 28.5. The van der Waals surface area contributed by atoms with Crippen LogP contribution in [0.3, 0.4) is 0 Å². The van der Waals surface area contributed by atoms with Crippen LogP contribution in [0.2, 0.25) is 0 Å². The molecule has 2 aliphatic rings. The zero-order valence-electron chi connectivity index (χ0n) is 22.1. The lowest BCUT2D eigenvalue weighted by atomic mass is 9.95. The second kappa shape index (κ2) is 12.5. The molecule has 1 atom stereocenters. The van der Waals surface area contributed by atoms with Gasteiger partial charge in [0.15, 0.2) is 11.5 Å². The highest BCUT2D eigenvalue weighted by Gasteiger charge is 2.32. The van der Waals surface area contributed by atoms with Gasteiger partial charge in [0.1, 0.15) is 25.8 Å². The van der Waals surface area contributed by atoms with E-state index < -0.39 is 28.5 Å². The number of fused-ring (bicyclic) bond motifs is 1. The summed E-state index contributed by atoms with van der Waals surface area (Å²) >= 11 is 0. The van der Waals surface area contributed by atoms with E-state index in [0.717, 1.165) is 35.6 Å². The molecule has 2 aromatic rings. The Morgan fingerprint density at radius 3 is 2.37 bits per heavy atom. The van der Waals surface area contributed by atoms with Crippen LogP contribution in [-0.2, 0) is 26.2 Å². The summed E-state index contributed by atoms with van der Waals surface area (Å²) in [5.74, 6) is 0.0701. The van der Waals surface area contributed by atoms with Crippen molar-refractivity contribution >= 4 is 27.5 Å². The van der Waals surface area contributed by atoms with Crippen molar-refractivity contribution in [3.63, 3.8) is 0 Å². The van der Waals surface area contributed by atoms with Crippen molar-refractivity contribution in [1.29, 1.82) is 0 Å². The number of carbonyl (C=O) groups excluding carboxylic acids is 2. The number of benzene rings is 2. The molecule has 1 aliphatic heterocycles. The monoisotopic (exact) mass is 543 g/mol. The smallest absolute Gasteiger partial charge is 0.244 e. The summed E-state index contributed by atoms with van der Waals surface area (Å²) in [6.45, 7) is 3.74. The van der Waals surface area contributed by atoms with E-state index in [4.69, 9.17) is 9.47 Å². The molecule has 1 fully saturated rings. The summed E-state index contributed by atoms with van der Waals surface area (Å²) in [6, 6.07) is 13.5. The van der Waals surface area contributed by atoms with Crippen molar-refractivity contribution in [3.05, 3.63) is 54.1 Å². The number of nitrogens with zero attached hydrogens (tertiary/aromatic N) is 2. The van der Waals surface area contributed by atoms with E-state index in [0.29, 0.717) is 30.4 Å². The second-order valence-electron chi connectivity index (χ2n) is 9.76. The van der Waals surface area contributed by atoms with Gasteiger partial charge in [0.05, 0.1) is 11.4 Å². The van der Waals surface area contributed by atoms with Gasteiger partial charge in [-0.05, 0) is 44.4 Å². The van der Waals surface area contributed by atoms with Crippen LogP contribution in [0.5, 0.6) is 11.5 Å². The molecule has 0 spiro atoms. The molecule has 1 saturated carbocycles. The fourth-order valence-electron chi connectivity index (χ4n) is 4.84. The van der Waals surface area contributed by atoms with Gasteiger partial charge in [-0.1, -0.05) is 49.6 Å². The average Bonchev–Trinajstić information content (AvgIpc) is 2.94. The van der Waals surface area contributed by atoms with E-state index in [1.165, 1.54) is 18.2 Å². The molecule has 1 N–H and O–H groups in total. The lowest BCUT2D eigenvalue weighted by molar-refractivity contribution is -0.139. The zero-order valence-corrected chi connectivity index (χ0v) is 22.9. The van der Waals surface area contributed by atoms with Gasteiger partial charge >= 0.3 is 0 Å². The first-order valence-corrected chi connectivity index (χ1v) is 14.9. The standard InChI is InChI=1S/C28H37N3O6S/c1-3-38(34,35)31(24-14-15-25-26(18-24)37-17-16-36-25)20-27(32)30(19-22-10-6-4-7-11-22)21(2)28(33)29-23-12-8-5-9-13-23/h4,6-7,10-11,14-15,18,21,23H,3,5,8-9,12-13,16-17,19-20H2,1-2H3,(H,29,33)/t21-/m0/s1. The van der Waals surface area contributed by atoms with Crippen LogP contribution in [-0.4, -0.2) is 62.7 Å². The first kappa shape index (κ1) is 27.8. The maximum atomic E-state index is 13.8. The van der Waals surface area contributed by atoms with Crippen molar-refractivity contribution in [2.45, 2.75) is 64.6 Å². The molecule has 0 radical (unpaired) electrons. The number of anilines is 1. The SMILES string of the molecule is CCS(=O)(=O)N(CC(=O)N(Cc1ccccc1)[C@@H](C)C(=O)NC1CCCCC1)c1ccc2c(c1)OCCO2. The van der Waals surface area contributed by atoms with Gasteiger partial charge in [0, 0.05) is 18.7 Å². The number of carbonyl (C=O) groups is 2. The highest BCUT2D eigenvalue weighted by atomic mass is 32.2. The molecule has 0 bridgehead atoms. The Morgan fingerprint density at radius 1 is 1.00 bits per heavy atom. The van der Waals surface area contributed by atoms with Crippen LogP contribution in [0.4, 0.5) is 5.69 Å².